The Morgan fingerprint density at radius 3 is 2.38 bits per heavy atom. The van der Waals surface area contributed by atoms with Crippen molar-refractivity contribution in [3.8, 4) is 0 Å². The Balaban J connectivity index is 2.19. The molecule has 0 amide bonds. The van der Waals surface area contributed by atoms with Gasteiger partial charge in [-0.3, -0.25) is 0 Å². The highest BCUT2D eigenvalue weighted by Gasteiger charge is 2.25. The van der Waals surface area contributed by atoms with Gasteiger partial charge in [0.1, 0.15) is 0 Å². The van der Waals surface area contributed by atoms with E-state index in [0.29, 0.717) is 0 Å². The van der Waals surface area contributed by atoms with Crippen molar-refractivity contribution in [1.82, 2.24) is 5.32 Å². The molecule has 1 atom stereocenters. The third kappa shape index (κ3) is 4.57. The van der Waals surface area contributed by atoms with Crippen LogP contribution in [-0.2, 0) is 6.54 Å². The summed E-state index contributed by atoms with van der Waals surface area (Å²) in [6.45, 7) is 7.54. The van der Waals surface area contributed by atoms with Crippen LogP contribution in [0.15, 0.2) is 53.0 Å². The van der Waals surface area contributed by atoms with E-state index in [-0.39, 0.29) is 11.5 Å². The summed E-state index contributed by atoms with van der Waals surface area (Å²) < 4.78 is 1.08. The number of benzene rings is 2. The molecule has 1 unspecified atom stereocenters. The summed E-state index contributed by atoms with van der Waals surface area (Å²) in [6.07, 6.45) is 0. The van der Waals surface area contributed by atoms with E-state index >= 15 is 0 Å². The number of hydrogen-bond acceptors (Lipinski definition) is 1. The van der Waals surface area contributed by atoms with Crippen LogP contribution >= 0.6 is 27.5 Å². The summed E-state index contributed by atoms with van der Waals surface area (Å²) in [5.41, 5.74) is 2.61. The van der Waals surface area contributed by atoms with Crippen LogP contribution < -0.4 is 5.32 Å². The highest BCUT2D eigenvalue weighted by atomic mass is 79.9. The average Bonchev–Trinajstić information content (AvgIpc) is 2.42. The van der Waals surface area contributed by atoms with Crippen LogP contribution in [-0.4, -0.2) is 0 Å². The van der Waals surface area contributed by atoms with Crippen molar-refractivity contribution in [2.75, 3.05) is 0 Å². The van der Waals surface area contributed by atoms with Crippen molar-refractivity contribution in [3.63, 3.8) is 0 Å². The number of hydrogen-bond donors (Lipinski definition) is 1. The molecule has 0 aliphatic rings. The van der Waals surface area contributed by atoms with Crippen LogP contribution in [0.4, 0.5) is 0 Å². The van der Waals surface area contributed by atoms with E-state index in [1.54, 1.807) is 0 Å². The van der Waals surface area contributed by atoms with Gasteiger partial charge in [0.15, 0.2) is 0 Å². The maximum Gasteiger partial charge on any atom is 0.0410 e. The molecule has 0 aromatic heterocycles. The van der Waals surface area contributed by atoms with Crippen molar-refractivity contribution in [1.29, 1.82) is 0 Å². The number of nitrogens with one attached hydrogen (secondary N) is 1. The van der Waals surface area contributed by atoms with Crippen LogP contribution in [0.25, 0.3) is 0 Å². The summed E-state index contributed by atoms with van der Waals surface area (Å²) in [6, 6.07) is 16.8. The molecule has 1 nitrogen and oxygen atoms in total. The van der Waals surface area contributed by atoms with Gasteiger partial charge in [-0.15, -0.1) is 0 Å². The molecule has 112 valence electrons. The fraction of sp³-hybridized carbons (Fsp3) is 0.333. The Morgan fingerprint density at radius 1 is 1.10 bits per heavy atom. The highest BCUT2D eigenvalue weighted by Crippen LogP contribution is 2.33. The molecule has 3 heteroatoms. The molecule has 0 radical (unpaired) electrons. The van der Waals surface area contributed by atoms with Gasteiger partial charge in [-0.2, -0.15) is 0 Å². The summed E-state index contributed by atoms with van der Waals surface area (Å²) in [4.78, 5) is 0. The van der Waals surface area contributed by atoms with Gasteiger partial charge in [-0.1, -0.05) is 78.6 Å². The molecule has 0 aliphatic heterocycles. The lowest BCUT2D eigenvalue weighted by atomic mass is 9.82. The molecule has 0 aliphatic carbocycles. The first-order valence-corrected chi connectivity index (χ1v) is 8.27. The molecule has 0 bridgehead atoms. The van der Waals surface area contributed by atoms with Crippen LogP contribution in [0.5, 0.6) is 0 Å². The first-order chi connectivity index (χ1) is 9.88. The van der Waals surface area contributed by atoms with Crippen molar-refractivity contribution in [3.05, 3.63) is 69.2 Å². The van der Waals surface area contributed by atoms with E-state index in [0.717, 1.165) is 16.0 Å². The molecule has 0 saturated carbocycles. The lowest BCUT2D eigenvalue weighted by Gasteiger charge is -2.32. The van der Waals surface area contributed by atoms with Crippen LogP contribution in [0.1, 0.15) is 37.9 Å². The summed E-state index contributed by atoms with van der Waals surface area (Å²) >= 11 is 9.68. The fourth-order valence-corrected chi connectivity index (χ4v) is 3.04. The largest absolute Gasteiger partial charge is 0.305 e. The zero-order valence-corrected chi connectivity index (χ0v) is 15.0. The minimum absolute atomic E-state index is 0.131. The van der Waals surface area contributed by atoms with Crippen LogP contribution in [0.2, 0.25) is 5.02 Å². The summed E-state index contributed by atoms with van der Waals surface area (Å²) in [5.74, 6) is 0. The minimum Gasteiger partial charge on any atom is -0.305 e. The predicted molar refractivity (Wildman–Crippen MR) is 94.6 cm³/mol. The van der Waals surface area contributed by atoms with E-state index in [1.807, 2.05) is 18.2 Å². The van der Waals surface area contributed by atoms with Crippen molar-refractivity contribution in [2.45, 2.75) is 33.4 Å². The number of rotatable bonds is 4. The van der Waals surface area contributed by atoms with Gasteiger partial charge in [-0.05, 0) is 34.7 Å². The van der Waals surface area contributed by atoms with Gasteiger partial charge in [0.05, 0.1) is 0 Å². The SMILES string of the molecule is CC(C)(C)C(NCc1cc(Cl)ccc1Br)c1ccccc1. The Morgan fingerprint density at radius 2 is 1.76 bits per heavy atom. The lowest BCUT2D eigenvalue weighted by molar-refractivity contribution is 0.271. The molecule has 2 aromatic rings. The van der Waals surface area contributed by atoms with Gasteiger partial charge in [0, 0.05) is 22.1 Å². The fourth-order valence-electron chi connectivity index (χ4n) is 2.46. The summed E-state index contributed by atoms with van der Waals surface area (Å²) in [7, 11) is 0. The van der Waals surface area contributed by atoms with E-state index in [9.17, 15) is 0 Å². The second-order valence-corrected chi connectivity index (χ2v) is 7.62. The first-order valence-electron chi connectivity index (χ1n) is 7.10. The molecular weight excluding hydrogens is 346 g/mol. The molecule has 0 heterocycles. The third-order valence-electron chi connectivity index (χ3n) is 3.50. The molecule has 1 N–H and O–H groups in total. The normalized spacial score (nSPS) is 13.2. The second kappa shape index (κ2) is 6.95. The molecule has 0 spiro atoms. The maximum absolute atomic E-state index is 6.09. The first kappa shape index (κ1) is 16.5. The molecule has 2 rings (SSSR count). The lowest BCUT2D eigenvalue weighted by Crippen LogP contribution is -2.32. The monoisotopic (exact) mass is 365 g/mol. The Kier molecular flexibility index (Phi) is 5.48. The molecule has 21 heavy (non-hydrogen) atoms. The van der Waals surface area contributed by atoms with Crippen molar-refractivity contribution < 1.29 is 0 Å². The molecule has 0 fully saturated rings. The smallest absolute Gasteiger partial charge is 0.0410 e. The Labute approximate surface area is 140 Å². The highest BCUT2D eigenvalue weighted by molar-refractivity contribution is 9.10. The zero-order chi connectivity index (χ0) is 15.5. The van der Waals surface area contributed by atoms with E-state index in [4.69, 9.17) is 11.6 Å². The minimum atomic E-state index is 0.131. The Hall–Kier alpha value is -0.830. The predicted octanol–water partition coefficient (Wildman–Crippen LogP) is 5.98. The average molecular weight is 367 g/mol. The van der Waals surface area contributed by atoms with Crippen molar-refractivity contribution in [2.24, 2.45) is 5.41 Å². The zero-order valence-electron chi connectivity index (χ0n) is 12.7. The van der Waals surface area contributed by atoms with E-state index < -0.39 is 0 Å². The van der Waals surface area contributed by atoms with Crippen molar-refractivity contribution >= 4 is 27.5 Å². The van der Waals surface area contributed by atoms with E-state index in [1.165, 1.54) is 11.1 Å². The topological polar surface area (TPSA) is 12.0 Å². The van der Waals surface area contributed by atoms with Crippen LogP contribution in [0, 0.1) is 5.41 Å². The second-order valence-electron chi connectivity index (χ2n) is 6.33. The van der Waals surface area contributed by atoms with Gasteiger partial charge in [0.2, 0.25) is 0 Å². The standard InChI is InChI=1S/C18H21BrClN/c1-18(2,3)17(13-7-5-4-6-8-13)21-12-14-11-15(20)9-10-16(14)19/h4-11,17,21H,12H2,1-3H3. The Bertz CT molecular complexity index is 590. The summed E-state index contributed by atoms with van der Waals surface area (Å²) in [5, 5.41) is 4.44. The molecular formula is C18H21BrClN. The molecule has 0 saturated heterocycles. The van der Waals surface area contributed by atoms with E-state index in [2.05, 4.69) is 72.3 Å². The maximum atomic E-state index is 6.09. The number of halogens is 2. The van der Waals surface area contributed by atoms with Gasteiger partial charge >= 0.3 is 0 Å². The molecule has 2 aromatic carbocycles. The third-order valence-corrected chi connectivity index (χ3v) is 4.51. The quantitative estimate of drug-likeness (QED) is 0.702. The van der Waals surface area contributed by atoms with Gasteiger partial charge < -0.3 is 5.32 Å². The van der Waals surface area contributed by atoms with Gasteiger partial charge in [0.25, 0.3) is 0 Å². The van der Waals surface area contributed by atoms with Gasteiger partial charge in [-0.25, -0.2) is 0 Å². The van der Waals surface area contributed by atoms with Crippen LogP contribution in [0.3, 0.4) is 0 Å².